The zero-order valence-corrected chi connectivity index (χ0v) is 13.1. The van der Waals surface area contributed by atoms with E-state index in [1.54, 1.807) is 0 Å². The van der Waals surface area contributed by atoms with Gasteiger partial charge < -0.3 is 4.74 Å². The summed E-state index contributed by atoms with van der Waals surface area (Å²) in [4.78, 5) is 0. The van der Waals surface area contributed by atoms with Crippen molar-refractivity contribution in [3.05, 3.63) is 35.9 Å². The predicted octanol–water partition coefficient (Wildman–Crippen LogP) is 5.62. The van der Waals surface area contributed by atoms with E-state index in [1.807, 2.05) is 0 Å². The van der Waals surface area contributed by atoms with E-state index >= 15 is 0 Å². The van der Waals surface area contributed by atoms with Crippen LogP contribution in [0.15, 0.2) is 30.3 Å². The van der Waals surface area contributed by atoms with Gasteiger partial charge in [-0.2, -0.15) is 43.9 Å². The highest BCUT2D eigenvalue weighted by Gasteiger charge is 2.88. The Bertz CT molecular complexity index is 689. The molecule has 0 saturated heterocycles. The van der Waals surface area contributed by atoms with Crippen LogP contribution in [0.5, 0.6) is 0 Å². The molecule has 1 N–H and O–H groups in total. The minimum absolute atomic E-state index is 0.0345. The molecule has 0 bridgehead atoms. The van der Waals surface area contributed by atoms with Crippen LogP contribution in [-0.2, 0) is 11.3 Å². The van der Waals surface area contributed by atoms with E-state index in [0.717, 1.165) is 12.1 Å². The van der Waals surface area contributed by atoms with Crippen molar-refractivity contribution in [2.75, 3.05) is 0 Å². The Morgan fingerprint density at radius 1 is 0.786 bits per heavy atom. The molecule has 1 aromatic carbocycles. The van der Waals surface area contributed by atoms with E-state index in [0.29, 0.717) is 0 Å². The Kier molecular flexibility index (Phi) is 6.27. The highest BCUT2D eigenvalue weighted by molar-refractivity contribution is 5.82. The van der Waals surface area contributed by atoms with Gasteiger partial charge >= 0.3 is 36.0 Å². The third-order valence-corrected chi connectivity index (χ3v) is 3.39. The number of benzene rings is 1. The molecule has 28 heavy (non-hydrogen) atoms. The van der Waals surface area contributed by atoms with Gasteiger partial charge in [-0.3, -0.25) is 5.41 Å². The fraction of sp³-hybridized carbons (Fsp3) is 0.500. The Labute approximate surface area is 148 Å². The maximum Gasteiger partial charge on any atom is 0.389 e. The molecule has 0 atom stereocenters. The van der Waals surface area contributed by atoms with E-state index in [2.05, 4.69) is 4.74 Å². The van der Waals surface area contributed by atoms with Crippen molar-refractivity contribution in [2.24, 2.45) is 0 Å². The number of alkyl halides is 12. The quantitative estimate of drug-likeness (QED) is 0.321. The lowest BCUT2D eigenvalue weighted by molar-refractivity contribution is -0.405. The summed E-state index contributed by atoms with van der Waals surface area (Å²) >= 11 is 0. The summed E-state index contributed by atoms with van der Waals surface area (Å²) in [5, 5.41) is 6.66. The Morgan fingerprint density at radius 3 is 1.68 bits per heavy atom. The third kappa shape index (κ3) is 3.60. The van der Waals surface area contributed by atoms with E-state index in [4.69, 9.17) is 5.41 Å². The van der Waals surface area contributed by atoms with Crippen LogP contribution >= 0.6 is 0 Å². The van der Waals surface area contributed by atoms with E-state index < -0.39 is 48.5 Å². The van der Waals surface area contributed by atoms with Gasteiger partial charge in [-0.1, -0.05) is 30.3 Å². The topological polar surface area (TPSA) is 33.1 Å². The van der Waals surface area contributed by atoms with Crippen LogP contribution in [0.1, 0.15) is 5.56 Å². The first-order chi connectivity index (χ1) is 12.4. The Morgan fingerprint density at radius 2 is 1.25 bits per heavy atom. The summed E-state index contributed by atoms with van der Waals surface area (Å²) in [5.74, 6) is -39.3. The lowest BCUT2D eigenvalue weighted by Gasteiger charge is -2.38. The van der Waals surface area contributed by atoms with Gasteiger partial charge in [0, 0.05) is 0 Å². The number of nitrogens with one attached hydrogen (secondary N) is 1. The molecular formula is C14H9F12NO. The number of rotatable bonds is 8. The lowest BCUT2D eigenvalue weighted by atomic mass is 9.94. The fourth-order valence-electron chi connectivity index (χ4n) is 1.70. The van der Waals surface area contributed by atoms with Crippen molar-refractivity contribution in [3.8, 4) is 0 Å². The Balaban J connectivity index is 3.20. The summed E-state index contributed by atoms with van der Waals surface area (Å²) in [7, 11) is 0. The summed E-state index contributed by atoms with van der Waals surface area (Å²) in [6.45, 7) is -1.07. The van der Waals surface area contributed by atoms with E-state index in [9.17, 15) is 52.7 Å². The highest BCUT2D eigenvalue weighted by atomic mass is 19.4. The average Bonchev–Trinajstić information content (AvgIpc) is 2.59. The third-order valence-electron chi connectivity index (χ3n) is 3.39. The predicted molar refractivity (Wildman–Crippen MR) is 69.7 cm³/mol. The van der Waals surface area contributed by atoms with Gasteiger partial charge in [-0.25, -0.2) is 8.78 Å². The van der Waals surface area contributed by atoms with Gasteiger partial charge in [0.2, 0.25) is 0 Å². The lowest BCUT2D eigenvalue weighted by Crippen LogP contribution is -2.70. The smallest absolute Gasteiger partial charge is 0.389 e. The second kappa shape index (κ2) is 7.35. The molecule has 0 spiro atoms. The molecule has 160 valence electrons. The summed E-state index contributed by atoms with van der Waals surface area (Å²) in [6.07, 6.45) is -5.58. The van der Waals surface area contributed by atoms with Crippen molar-refractivity contribution >= 4 is 5.90 Å². The Hall–Kier alpha value is -2.15. The van der Waals surface area contributed by atoms with Crippen LogP contribution in [0.25, 0.3) is 0 Å². The van der Waals surface area contributed by atoms with Gasteiger partial charge in [0.1, 0.15) is 6.61 Å². The van der Waals surface area contributed by atoms with Crippen molar-refractivity contribution in [1.82, 2.24) is 0 Å². The van der Waals surface area contributed by atoms with Crippen LogP contribution in [-0.4, -0.2) is 41.9 Å². The zero-order chi connectivity index (χ0) is 22.2. The summed E-state index contributed by atoms with van der Waals surface area (Å²) in [5.41, 5.74) is -0.0345. The van der Waals surface area contributed by atoms with Crippen LogP contribution < -0.4 is 0 Å². The minimum Gasteiger partial charge on any atom is -0.472 e. The van der Waals surface area contributed by atoms with Gasteiger partial charge in [0.25, 0.3) is 5.90 Å². The number of hydrogen-bond donors (Lipinski definition) is 1. The number of ether oxygens (including phenoxy) is 1. The number of hydrogen-bond acceptors (Lipinski definition) is 2. The monoisotopic (exact) mass is 435 g/mol. The molecule has 0 heterocycles. The zero-order valence-electron chi connectivity index (χ0n) is 13.1. The molecular weight excluding hydrogens is 426 g/mol. The first-order valence-corrected chi connectivity index (χ1v) is 6.87. The molecule has 0 aromatic heterocycles. The first-order valence-electron chi connectivity index (χ1n) is 6.87. The van der Waals surface area contributed by atoms with Crippen LogP contribution in [0.4, 0.5) is 52.7 Å². The van der Waals surface area contributed by atoms with E-state index in [1.165, 1.54) is 18.2 Å². The van der Waals surface area contributed by atoms with Gasteiger partial charge in [-0.15, -0.1) is 0 Å². The van der Waals surface area contributed by atoms with Gasteiger partial charge in [0.15, 0.2) is 0 Å². The molecule has 2 nitrogen and oxygen atoms in total. The molecule has 0 radical (unpaired) electrons. The normalized spacial score (nSPS) is 14.3. The average molecular weight is 435 g/mol. The SMILES string of the molecule is N=C(OCc1ccccc1)C(F)(F)C(F)(F)C(F)(F)C(F)(F)C(F)(F)C(F)F. The molecule has 1 aromatic rings. The van der Waals surface area contributed by atoms with E-state index in [-0.39, 0.29) is 5.56 Å². The van der Waals surface area contributed by atoms with Crippen LogP contribution in [0, 0.1) is 5.41 Å². The van der Waals surface area contributed by atoms with Gasteiger partial charge in [0.05, 0.1) is 0 Å². The molecule has 0 amide bonds. The fourth-order valence-corrected chi connectivity index (χ4v) is 1.70. The maximum atomic E-state index is 13.6. The van der Waals surface area contributed by atoms with Crippen molar-refractivity contribution in [2.45, 2.75) is 42.6 Å². The molecule has 0 saturated carbocycles. The van der Waals surface area contributed by atoms with Crippen molar-refractivity contribution in [1.29, 1.82) is 5.41 Å². The molecule has 0 aliphatic rings. The highest BCUT2D eigenvalue weighted by Crippen LogP contribution is 2.58. The minimum atomic E-state index is -7.69. The van der Waals surface area contributed by atoms with Gasteiger partial charge in [-0.05, 0) is 5.56 Å². The van der Waals surface area contributed by atoms with Crippen molar-refractivity contribution in [3.63, 3.8) is 0 Å². The molecule has 0 fully saturated rings. The molecule has 0 aliphatic heterocycles. The second-order valence-electron chi connectivity index (χ2n) is 5.32. The maximum absolute atomic E-state index is 13.6. The molecule has 0 unspecified atom stereocenters. The first kappa shape index (κ1) is 23.9. The second-order valence-corrected chi connectivity index (χ2v) is 5.32. The largest absolute Gasteiger partial charge is 0.472 e. The summed E-state index contributed by atoms with van der Waals surface area (Å²) < 4.78 is 160. The standard InChI is InChI=1S/C14H9F12NO/c15-8(16)10(17,18)12(21,22)14(25,26)13(23,24)11(19,20)9(27)28-6-7-4-2-1-3-5-7/h1-5,8,27H,6H2. The van der Waals surface area contributed by atoms with Crippen molar-refractivity contribution < 1.29 is 57.4 Å². The van der Waals surface area contributed by atoms with Crippen LogP contribution in [0.3, 0.4) is 0 Å². The molecule has 1 rings (SSSR count). The molecule has 0 aliphatic carbocycles. The van der Waals surface area contributed by atoms with Crippen LogP contribution in [0.2, 0.25) is 0 Å². The molecule has 14 heteroatoms. The summed E-state index contributed by atoms with van der Waals surface area (Å²) in [6, 6.07) is 6.35. The number of halogens is 12.